The Bertz CT molecular complexity index is 1050. The quantitative estimate of drug-likeness (QED) is 0.648. The number of sulfonamides is 1. The third-order valence-corrected chi connectivity index (χ3v) is 7.55. The van der Waals surface area contributed by atoms with Gasteiger partial charge in [-0.05, 0) is 49.6 Å². The van der Waals surface area contributed by atoms with E-state index < -0.39 is 15.9 Å². The zero-order valence-electron chi connectivity index (χ0n) is 18.9. The lowest BCUT2D eigenvalue weighted by Gasteiger charge is -2.31. The van der Waals surface area contributed by atoms with Gasteiger partial charge in [0.15, 0.2) is 0 Å². The van der Waals surface area contributed by atoms with E-state index in [0.29, 0.717) is 36.6 Å². The van der Waals surface area contributed by atoms with E-state index in [1.165, 1.54) is 11.4 Å². The van der Waals surface area contributed by atoms with Crippen molar-refractivity contribution in [2.24, 2.45) is 5.92 Å². The molecule has 1 saturated heterocycles. The number of carbonyl (C=O) groups is 1. The minimum Gasteiger partial charge on any atom is -0.496 e. The fraction of sp³-hybridized carbons (Fsp3) is 0.435. The lowest BCUT2D eigenvalue weighted by atomic mass is 9.98. The summed E-state index contributed by atoms with van der Waals surface area (Å²) < 4.78 is 44.0. The third-order valence-electron chi connectivity index (χ3n) is 5.66. The fourth-order valence-corrected chi connectivity index (χ4v) is 5.69. The first-order valence-electron chi connectivity index (χ1n) is 10.4. The highest BCUT2D eigenvalue weighted by atomic mass is 32.2. The summed E-state index contributed by atoms with van der Waals surface area (Å²) in [7, 11) is 0.771. The average molecular weight is 463 g/mol. The largest absolute Gasteiger partial charge is 0.496 e. The van der Waals surface area contributed by atoms with Crippen molar-refractivity contribution in [3.63, 3.8) is 0 Å². The van der Waals surface area contributed by atoms with Crippen LogP contribution in [0.2, 0.25) is 0 Å². The lowest BCUT2D eigenvalue weighted by Crippen LogP contribution is -2.45. The van der Waals surface area contributed by atoms with Crippen LogP contribution in [0.25, 0.3) is 0 Å². The van der Waals surface area contributed by atoms with Crippen molar-refractivity contribution in [1.29, 1.82) is 0 Å². The minimum atomic E-state index is -3.79. The van der Waals surface area contributed by atoms with Gasteiger partial charge in [-0.1, -0.05) is 12.1 Å². The Morgan fingerprint density at radius 3 is 2.34 bits per heavy atom. The average Bonchev–Trinajstić information content (AvgIpc) is 2.82. The maximum Gasteiger partial charge on any atom is 0.246 e. The molecule has 0 aliphatic carbocycles. The van der Waals surface area contributed by atoms with Gasteiger partial charge in [0.2, 0.25) is 15.9 Å². The first kappa shape index (κ1) is 23.9. The molecular formula is C23H30N2O6S. The van der Waals surface area contributed by atoms with Crippen molar-refractivity contribution in [2.75, 3.05) is 34.4 Å². The van der Waals surface area contributed by atoms with Crippen LogP contribution in [-0.2, 0) is 21.4 Å². The second-order valence-electron chi connectivity index (χ2n) is 7.72. The number of aryl methyl sites for hydroxylation is 1. The topological polar surface area (TPSA) is 94.2 Å². The molecule has 1 aliphatic rings. The molecule has 0 aromatic heterocycles. The molecule has 174 valence electrons. The molecule has 1 amide bonds. The van der Waals surface area contributed by atoms with Gasteiger partial charge < -0.3 is 19.5 Å². The number of benzene rings is 2. The molecule has 8 nitrogen and oxygen atoms in total. The fourth-order valence-electron chi connectivity index (χ4n) is 3.92. The van der Waals surface area contributed by atoms with Crippen LogP contribution in [-0.4, -0.2) is 53.0 Å². The number of methoxy groups -OCH3 is 3. The van der Waals surface area contributed by atoms with Crippen molar-refractivity contribution >= 4 is 15.9 Å². The maximum atomic E-state index is 13.3. The summed E-state index contributed by atoms with van der Waals surface area (Å²) in [5, 5.41) is 2.92. The van der Waals surface area contributed by atoms with Crippen molar-refractivity contribution in [3.05, 3.63) is 47.5 Å². The van der Waals surface area contributed by atoms with E-state index in [-0.39, 0.29) is 23.9 Å². The minimum absolute atomic E-state index is 0.119. The molecule has 1 fully saturated rings. The first-order chi connectivity index (χ1) is 15.3. The molecule has 2 aromatic rings. The molecule has 32 heavy (non-hydrogen) atoms. The van der Waals surface area contributed by atoms with Crippen LogP contribution in [0.5, 0.6) is 17.2 Å². The molecule has 0 bridgehead atoms. The van der Waals surface area contributed by atoms with Gasteiger partial charge in [0.25, 0.3) is 0 Å². The zero-order chi connectivity index (χ0) is 23.3. The van der Waals surface area contributed by atoms with Gasteiger partial charge in [0.05, 0.1) is 39.4 Å². The van der Waals surface area contributed by atoms with Crippen LogP contribution in [0.3, 0.4) is 0 Å². The molecule has 0 radical (unpaired) electrons. The van der Waals surface area contributed by atoms with Crippen LogP contribution in [0, 0.1) is 12.8 Å². The van der Waals surface area contributed by atoms with Crippen LogP contribution in [0.4, 0.5) is 0 Å². The highest BCUT2D eigenvalue weighted by molar-refractivity contribution is 7.89. The standard InChI is InChI=1S/C23H30N2O6S/c1-16-10-11-21(31-4)22(13-16)32(27,28)25-12-6-7-17(15-25)23(26)24-14-18-19(29-2)8-5-9-20(18)30-3/h5,8-11,13,17H,6-7,12,14-15H2,1-4H3,(H,24,26)/t17-/m0/s1. The zero-order valence-corrected chi connectivity index (χ0v) is 19.7. The van der Waals surface area contributed by atoms with E-state index >= 15 is 0 Å². The number of hydrogen-bond acceptors (Lipinski definition) is 6. The Morgan fingerprint density at radius 1 is 1.06 bits per heavy atom. The van der Waals surface area contributed by atoms with Crippen LogP contribution in [0.1, 0.15) is 24.0 Å². The molecule has 0 unspecified atom stereocenters. The Hall–Kier alpha value is -2.78. The molecule has 0 saturated carbocycles. The Balaban J connectivity index is 1.74. The lowest BCUT2D eigenvalue weighted by molar-refractivity contribution is -0.126. The van der Waals surface area contributed by atoms with Crippen LogP contribution < -0.4 is 19.5 Å². The van der Waals surface area contributed by atoms with E-state index in [2.05, 4.69) is 5.32 Å². The number of carbonyl (C=O) groups excluding carboxylic acids is 1. The molecule has 1 aliphatic heterocycles. The first-order valence-corrected chi connectivity index (χ1v) is 11.9. The number of ether oxygens (including phenoxy) is 3. The van der Waals surface area contributed by atoms with E-state index in [9.17, 15) is 13.2 Å². The number of nitrogens with zero attached hydrogens (tertiary/aromatic N) is 1. The van der Waals surface area contributed by atoms with Gasteiger partial charge in [0, 0.05) is 13.1 Å². The van der Waals surface area contributed by atoms with E-state index in [0.717, 1.165) is 11.1 Å². The van der Waals surface area contributed by atoms with Crippen molar-refractivity contribution in [3.8, 4) is 17.2 Å². The normalized spacial score (nSPS) is 16.9. The van der Waals surface area contributed by atoms with E-state index in [4.69, 9.17) is 14.2 Å². The summed E-state index contributed by atoms with van der Waals surface area (Å²) in [5.74, 6) is 0.877. The number of amides is 1. The van der Waals surface area contributed by atoms with Crippen molar-refractivity contribution < 1.29 is 27.4 Å². The Morgan fingerprint density at radius 2 is 1.72 bits per heavy atom. The van der Waals surface area contributed by atoms with Crippen molar-refractivity contribution in [2.45, 2.75) is 31.2 Å². The highest BCUT2D eigenvalue weighted by Crippen LogP contribution is 2.31. The molecule has 1 atom stereocenters. The smallest absolute Gasteiger partial charge is 0.246 e. The van der Waals surface area contributed by atoms with Gasteiger partial charge in [0.1, 0.15) is 22.1 Å². The van der Waals surface area contributed by atoms with Gasteiger partial charge in [-0.3, -0.25) is 4.79 Å². The predicted octanol–water partition coefficient (Wildman–Crippen LogP) is 2.74. The summed E-state index contributed by atoms with van der Waals surface area (Å²) in [6.45, 7) is 2.54. The molecule has 1 N–H and O–H groups in total. The Kier molecular flexibility index (Phi) is 7.63. The van der Waals surface area contributed by atoms with Gasteiger partial charge >= 0.3 is 0 Å². The van der Waals surface area contributed by atoms with Gasteiger partial charge in [-0.2, -0.15) is 4.31 Å². The molecule has 0 spiro atoms. The van der Waals surface area contributed by atoms with Crippen LogP contribution in [0.15, 0.2) is 41.3 Å². The second-order valence-corrected chi connectivity index (χ2v) is 9.62. The van der Waals surface area contributed by atoms with Crippen LogP contribution >= 0.6 is 0 Å². The van der Waals surface area contributed by atoms with Gasteiger partial charge in [-0.25, -0.2) is 8.42 Å². The second kappa shape index (κ2) is 10.2. The third kappa shape index (κ3) is 4.99. The summed E-state index contributed by atoms with van der Waals surface area (Å²) in [6.07, 6.45) is 1.22. The summed E-state index contributed by atoms with van der Waals surface area (Å²) >= 11 is 0. The molecular weight excluding hydrogens is 432 g/mol. The SMILES string of the molecule is COc1ccc(C)cc1S(=O)(=O)N1CCC[C@H](C(=O)NCc2c(OC)cccc2OC)C1. The number of piperidine rings is 1. The van der Waals surface area contributed by atoms with E-state index in [1.54, 1.807) is 44.6 Å². The summed E-state index contributed by atoms with van der Waals surface area (Å²) in [6, 6.07) is 10.5. The molecule has 2 aromatic carbocycles. The van der Waals surface area contributed by atoms with Gasteiger partial charge in [-0.15, -0.1) is 0 Å². The number of rotatable bonds is 8. The number of nitrogens with one attached hydrogen (secondary N) is 1. The number of hydrogen-bond donors (Lipinski definition) is 1. The summed E-state index contributed by atoms with van der Waals surface area (Å²) in [4.78, 5) is 13.0. The predicted molar refractivity (Wildman–Crippen MR) is 121 cm³/mol. The summed E-state index contributed by atoms with van der Waals surface area (Å²) in [5.41, 5.74) is 1.55. The molecule has 3 rings (SSSR count). The van der Waals surface area contributed by atoms with E-state index in [1.807, 2.05) is 13.0 Å². The monoisotopic (exact) mass is 462 g/mol. The molecule has 9 heteroatoms. The molecule has 1 heterocycles. The van der Waals surface area contributed by atoms with Crippen molar-refractivity contribution in [1.82, 2.24) is 9.62 Å². The highest BCUT2D eigenvalue weighted by Gasteiger charge is 2.35. The Labute approximate surface area is 189 Å². The maximum absolute atomic E-state index is 13.3.